The SMILES string of the molecule is C#CCNC(=O)COC(=O)c1cc(-c2ccc(F)cc2)nc2ccccc12. The van der Waals surface area contributed by atoms with Crippen LogP contribution in [0.1, 0.15) is 10.4 Å². The molecule has 6 heteroatoms. The second-order valence-corrected chi connectivity index (χ2v) is 5.64. The zero-order chi connectivity index (χ0) is 19.2. The van der Waals surface area contributed by atoms with E-state index in [1.54, 1.807) is 42.5 Å². The lowest BCUT2D eigenvalue weighted by molar-refractivity contribution is -0.123. The predicted molar refractivity (Wildman–Crippen MR) is 99.3 cm³/mol. The second kappa shape index (κ2) is 8.11. The number of pyridine rings is 1. The normalized spacial score (nSPS) is 10.2. The van der Waals surface area contributed by atoms with Crippen LogP contribution in [-0.2, 0) is 9.53 Å². The van der Waals surface area contributed by atoms with Crippen molar-refractivity contribution < 1.29 is 18.7 Å². The summed E-state index contributed by atoms with van der Waals surface area (Å²) in [5.41, 5.74) is 2.01. The number of esters is 1. The average molecular weight is 362 g/mol. The van der Waals surface area contributed by atoms with Gasteiger partial charge in [-0.2, -0.15) is 0 Å². The van der Waals surface area contributed by atoms with Gasteiger partial charge in [0.1, 0.15) is 5.82 Å². The van der Waals surface area contributed by atoms with Crippen molar-refractivity contribution in [3.05, 3.63) is 66.0 Å². The first-order valence-corrected chi connectivity index (χ1v) is 8.11. The van der Waals surface area contributed by atoms with E-state index in [9.17, 15) is 14.0 Å². The van der Waals surface area contributed by atoms with Crippen LogP contribution in [0.3, 0.4) is 0 Å². The van der Waals surface area contributed by atoms with Crippen LogP contribution in [0, 0.1) is 18.2 Å². The molecule has 27 heavy (non-hydrogen) atoms. The molecule has 0 radical (unpaired) electrons. The molecule has 134 valence electrons. The number of carbonyl (C=O) groups is 2. The number of ether oxygens (including phenoxy) is 1. The fourth-order valence-corrected chi connectivity index (χ4v) is 2.52. The lowest BCUT2D eigenvalue weighted by Crippen LogP contribution is -2.29. The van der Waals surface area contributed by atoms with E-state index in [4.69, 9.17) is 11.2 Å². The maximum Gasteiger partial charge on any atom is 0.339 e. The highest BCUT2D eigenvalue weighted by Crippen LogP contribution is 2.25. The topological polar surface area (TPSA) is 68.3 Å². The first-order chi connectivity index (χ1) is 13.1. The van der Waals surface area contributed by atoms with E-state index in [2.05, 4.69) is 16.2 Å². The third kappa shape index (κ3) is 4.28. The summed E-state index contributed by atoms with van der Waals surface area (Å²) in [6.45, 7) is -0.383. The summed E-state index contributed by atoms with van der Waals surface area (Å²) in [4.78, 5) is 28.7. The summed E-state index contributed by atoms with van der Waals surface area (Å²) in [6.07, 6.45) is 5.06. The molecule has 0 bridgehead atoms. The fraction of sp³-hybridized carbons (Fsp3) is 0.0952. The Hall–Kier alpha value is -3.72. The van der Waals surface area contributed by atoms with Crippen molar-refractivity contribution in [1.82, 2.24) is 10.3 Å². The van der Waals surface area contributed by atoms with Crippen molar-refractivity contribution in [2.24, 2.45) is 0 Å². The van der Waals surface area contributed by atoms with Crippen molar-refractivity contribution in [2.45, 2.75) is 0 Å². The van der Waals surface area contributed by atoms with E-state index in [1.807, 2.05) is 0 Å². The Balaban J connectivity index is 1.93. The average Bonchev–Trinajstić information content (AvgIpc) is 2.70. The Labute approximate surface area is 155 Å². The van der Waals surface area contributed by atoms with E-state index in [0.29, 0.717) is 22.2 Å². The molecule has 1 amide bonds. The highest BCUT2D eigenvalue weighted by atomic mass is 19.1. The molecule has 0 saturated heterocycles. The van der Waals surface area contributed by atoms with Crippen molar-refractivity contribution in [2.75, 3.05) is 13.2 Å². The Morgan fingerprint density at radius 3 is 2.63 bits per heavy atom. The highest BCUT2D eigenvalue weighted by Gasteiger charge is 2.16. The molecule has 0 aliphatic heterocycles. The van der Waals surface area contributed by atoms with E-state index < -0.39 is 18.5 Å². The number of terminal acetylenes is 1. The van der Waals surface area contributed by atoms with Gasteiger partial charge in [0.05, 0.1) is 23.3 Å². The van der Waals surface area contributed by atoms with Gasteiger partial charge in [-0.3, -0.25) is 4.79 Å². The molecule has 0 aliphatic rings. The number of benzene rings is 2. The lowest BCUT2D eigenvalue weighted by atomic mass is 10.0. The van der Waals surface area contributed by atoms with Gasteiger partial charge in [-0.15, -0.1) is 6.42 Å². The summed E-state index contributed by atoms with van der Waals surface area (Å²) >= 11 is 0. The number of aromatic nitrogens is 1. The first kappa shape index (κ1) is 18.1. The van der Waals surface area contributed by atoms with Crippen LogP contribution in [0.15, 0.2) is 54.6 Å². The third-order valence-corrected chi connectivity index (χ3v) is 3.80. The molecule has 0 saturated carbocycles. The lowest BCUT2D eigenvalue weighted by Gasteiger charge is -2.10. The Bertz CT molecular complexity index is 1040. The number of nitrogens with zero attached hydrogens (tertiary/aromatic N) is 1. The first-order valence-electron chi connectivity index (χ1n) is 8.11. The monoisotopic (exact) mass is 362 g/mol. The Morgan fingerprint density at radius 2 is 1.89 bits per heavy atom. The molecule has 0 spiro atoms. The number of hydrogen-bond acceptors (Lipinski definition) is 4. The Kier molecular flexibility index (Phi) is 5.43. The van der Waals surface area contributed by atoms with Gasteiger partial charge < -0.3 is 10.1 Å². The van der Waals surface area contributed by atoms with Gasteiger partial charge in [-0.1, -0.05) is 24.1 Å². The van der Waals surface area contributed by atoms with Crippen LogP contribution in [0.5, 0.6) is 0 Å². The van der Waals surface area contributed by atoms with Crippen LogP contribution in [0.2, 0.25) is 0 Å². The third-order valence-electron chi connectivity index (χ3n) is 3.80. The largest absolute Gasteiger partial charge is 0.452 e. The number of amides is 1. The summed E-state index contributed by atoms with van der Waals surface area (Å²) in [6, 6.07) is 14.4. The minimum Gasteiger partial charge on any atom is -0.452 e. The van der Waals surface area contributed by atoms with Gasteiger partial charge >= 0.3 is 5.97 Å². The molecule has 1 aromatic heterocycles. The minimum atomic E-state index is -0.659. The molecular formula is C21H15FN2O3. The number of para-hydroxylation sites is 1. The summed E-state index contributed by atoms with van der Waals surface area (Å²) < 4.78 is 18.3. The maximum atomic E-state index is 13.2. The molecule has 2 aromatic carbocycles. The second-order valence-electron chi connectivity index (χ2n) is 5.64. The van der Waals surface area contributed by atoms with E-state index in [1.165, 1.54) is 12.1 Å². The Morgan fingerprint density at radius 1 is 1.15 bits per heavy atom. The zero-order valence-electron chi connectivity index (χ0n) is 14.2. The smallest absolute Gasteiger partial charge is 0.339 e. The quantitative estimate of drug-likeness (QED) is 0.560. The van der Waals surface area contributed by atoms with E-state index in [-0.39, 0.29) is 17.9 Å². The molecule has 1 heterocycles. The van der Waals surface area contributed by atoms with E-state index in [0.717, 1.165) is 0 Å². The van der Waals surface area contributed by atoms with Gasteiger partial charge in [-0.05, 0) is 36.4 Å². The van der Waals surface area contributed by atoms with Crippen molar-refractivity contribution in [3.8, 4) is 23.6 Å². The number of hydrogen-bond donors (Lipinski definition) is 1. The van der Waals surface area contributed by atoms with Crippen molar-refractivity contribution >= 4 is 22.8 Å². The standard InChI is InChI=1S/C21H15FN2O3/c1-2-11-23-20(25)13-27-21(26)17-12-19(14-7-9-15(22)10-8-14)24-18-6-4-3-5-16(17)18/h1,3-10,12H,11,13H2,(H,23,25). The maximum absolute atomic E-state index is 13.2. The molecule has 1 N–H and O–H groups in total. The van der Waals surface area contributed by atoms with E-state index >= 15 is 0 Å². The number of fused-ring (bicyclic) bond motifs is 1. The number of rotatable bonds is 5. The van der Waals surface area contributed by atoms with Crippen LogP contribution < -0.4 is 5.32 Å². The van der Waals surface area contributed by atoms with Crippen LogP contribution in [0.25, 0.3) is 22.2 Å². The van der Waals surface area contributed by atoms with Gasteiger partial charge in [0.15, 0.2) is 6.61 Å². The van der Waals surface area contributed by atoms with Crippen molar-refractivity contribution in [1.29, 1.82) is 0 Å². The zero-order valence-corrected chi connectivity index (χ0v) is 14.2. The van der Waals surface area contributed by atoms with Crippen LogP contribution >= 0.6 is 0 Å². The van der Waals surface area contributed by atoms with Gasteiger partial charge in [0.25, 0.3) is 5.91 Å². The number of carbonyl (C=O) groups excluding carboxylic acids is 2. The molecule has 3 rings (SSSR count). The molecule has 0 unspecified atom stereocenters. The van der Waals surface area contributed by atoms with Crippen molar-refractivity contribution in [3.63, 3.8) is 0 Å². The summed E-state index contributed by atoms with van der Waals surface area (Å²) in [5.74, 6) is 0.754. The number of halogens is 1. The predicted octanol–water partition coefficient (Wildman–Crippen LogP) is 2.95. The molecule has 0 fully saturated rings. The van der Waals surface area contributed by atoms with Gasteiger partial charge in [0.2, 0.25) is 0 Å². The minimum absolute atomic E-state index is 0.0588. The molecular weight excluding hydrogens is 347 g/mol. The number of nitrogens with one attached hydrogen (secondary N) is 1. The fourth-order valence-electron chi connectivity index (χ4n) is 2.52. The van der Waals surface area contributed by atoms with Crippen LogP contribution in [-0.4, -0.2) is 30.0 Å². The molecule has 0 aliphatic carbocycles. The highest BCUT2D eigenvalue weighted by molar-refractivity contribution is 6.05. The van der Waals surface area contributed by atoms with Gasteiger partial charge in [-0.25, -0.2) is 14.2 Å². The summed E-state index contributed by atoms with van der Waals surface area (Å²) in [7, 11) is 0. The molecule has 3 aromatic rings. The summed E-state index contributed by atoms with van der Waals surface area (Å²) in [5, 5.41) is 3.01. The molecule has 0 atom stereocenters. The molecule has 5 nitrogen and oxygen atoms in total. The van der Waals surface area contributed by atoms with Crippen LogP contribution in [0.4, 0.5) is 4.39 Å². The van der Waals surface area contributed by atoms with Gasteiger partial charge in [0, 0.05) is 10.9 Å².